The zero-order chi connectivity index (χ0) is 14.0. The van der Waals surface area contributed by atoms with Crippen LogP contribution in [0.2, 0.25) is 0 Å². The Morgan fingerprint density at radius 1 is 1.47 bits per heavy atom. The summed E-state index contributed by atoms with van der Waals surface area (Å²) in [6.45, 7) is 1.55. The summed E-state index contributed by atoms with van der Waals surface area (Å²) < 4.78 is 40.0. The molecule has 1 fully saturated rings. The van der Waals surface area contributed by atoms with Gasteiger partial charge in [-0.2, -0.15) is 0 Å². The summed E-state index contributed by atoms with van der Waals surface area (Å²) in [6, 6.07) is 3.45. The number of sulfonamides is 1. The topological polar surface area (TPSA) is 66.4 Å². The summed E-state index contributed by atoms with van der Waals surface area (Å²) in [5, 5.41) is 8.96. The molecule has 2 atom stereocenters. The van der Waals surface area contributed by atoms with E-state index in [1.807, 2.05) is 0 Å². The van der Waals surface area contributed by atoms with Crippen molar-refractivity contribution >= 4 is 10.0 Å². The number of hydrogen-bond donors (Lipinski definition) is 2. The van der Waals surface area contributed by atoms with Crippen molar-refractivity contribution in [1.29, 1.82) is 0 Å². The van der Waals surface area contributed by atoms with Gasteiger partial charge in [-0.3, -0.25) is 0 Å². The van der Waals surface area contributed by atoms with E-state index in [0.29, 0.717) is 5.92 Å². The van der Waals surface area contributed by atoms with Crippen molar-refractivity contribution in [3.05, 3.63) is 29.6 Å². The lowest BCUT2D eigenvalue weighted by molar-refractivity contribution is 0.275. The molecule has 106 valence electrons. The molecule has 2 N–H and O–H groups in total. The molecule has 1 aliphatic carbocycles. The minimum absolute atomic E-state index is 0.0000912. The van der Waals surface area contributed by atoms with Gasteiger partial charge in [0.25, 0.3) is 0 Å². The first-order valence-electron chi connectivity index (χ1n) is 6.39. The molecule has 1 aromatic carbocycles. The van der Waals surface area contributed by atoms with Crippen LogP contribution in [0.15, 0.2) is 23.1 Å². The van der Waals surface area contributed by atoms with Crippen LogP contribution in [0.25, 0.3) is 0 Å². The highest BCUT2D eigenvalue weighted by atomic mass is 32.2. The summed E-state index contributed by atoms with van der Waals surface area (Å²) in [6.07, 6.45) is 2.91. The molecule has 0 amide bonds. The quantitative estimate of drug-likeness (QED) is 0.838. The standard InChI is InChI=1S/C13H18FNO3S/c1-2-3-9-7-13(9)15-19(17,18)11-4-5-12(14)10(6-11)8-16/h4-6,9,13,15-16H,2-3,7-8H2,1H3. The largest absolute Gasteiger partial charge is 0.392 e. The minimum Gasteiger partial charge on any atom is -0.392 e. The van der Waals surface area contributed by atoms with Crippen molar-refractivity contribution in [1.82, 2.24) is 4.72 Å². The number of benzene rings is 1. The van der Waals surface area contributed by atoms with Crippen LogP contribution in [0, 0.1) is 11.7 Å². The second-order valence-electron chi connectivity index (χ2n) is 4.92. The van der Waals surface area contributed by atoms with E-state index in [4.69, 9.17) is 5.11 Å². The van der Waals surface area contributed by atoms with Gasteiger partial charge in [0, 0.05) is 11.6 Å². The van der Waals surface area contributed by atoms with Crippen LogP contribution in [0.4, 0.5) is 4.39 Å². The van der Waals surface area contributed by atoms with Gasteiger partial charge in [-0.1, -0.05) is 13.3 Å². The smallest absolute Gasteiger partial charge is 0.240 e. The molecule has 0 saturated heterocycles. The highest BCUT2D eigenvalue weighted by Gasteiger charge is 2.39. The van der Waals surface area contributed by atoms with Gasteiger partial charge in [-0.15, -0.1) is 0 Å². The van der Waals surface area contributed by atoms with E-state index in [1.165, 1.54) is 12.1 Å². The molecule has 4 nitrogen and oxygen atoms in total. The third kappa shape index (κ3) is 3.32. The van der Waals surface area contributed by atoms with Crippen molar-refractivity contribution in [3.8, 4) is 0 Å². The second kappa shape index (κ2) is 5.56. The van der Waals surface area contributed by atoms with Crippen molar-refractivity contribution in [2.75, 3.05) is 0 Å². The summed E-state index contributed by atoms with van der Waals surface area (Å²) in [5.74, 6) is -0.186. The lowest BCUT2D eigenvalue weighted by Gasteiger charge is -2.08. The Balaban J connectivity index is 2.12. The van der Waals surface area contributed by atoms with Crippen molar-refractivity contribution < 1.29 is 17.9 Å². The average molecular weight is 287 g/mol. The zero-order valence-corrected chi connectivity index (χ0v) is 11.6. The number of rotatable bonds is 6. The minimum atomic E-state index is -3.63. The third-order valence-electron chi connectivity index (χ3n) is 3.39. The number of halogens is 1. The molecule has 1 aromatic rings. The number of nitrogens with one attached hydrogen (secondary N) is 1. The lowest BCUT2D eigenvalue weighted by atomic mass is 10.2. The molecule has 0 aliphatic heterocycles. The molecule has 6 heteroatoms. The van der Waals surface area contributed by atoms with Crippen LogP contribution < -0.4 is 4.72 Å². The fraction of sp³-hybridized carbons (Fsp3) is 0.538. The fourth-order valence-electron chi connectivity index (χ4n) is 2.19. The van der Waals surface area contributed by atoms with Crippen LogP contribution in [0.3, 0.4) is 0 Å². The van der Waals surface area contributed by atoms with E-state index in [2.05, 4.69) is 11.6 Å². The summed E-state index contributed by atoms with van der Waals surface area (Å²) in [7, 11) is -3.63. The van der Waals surface area contributed by atoms with Crippen LogP contribution in [-0.4, -0.2) is 19.6 Å². The Hall–Kier alpha value is -0.980. The zero-order valence-electron chi connectivity index (χ0n) is 10.8. The van der Waals surface area contributed by atoms with Gasteiger partial charge in [0.1, 0.15) is 5.82 Å². The molecule has 0 aromatic heterocycles. The highest BCUT2D eigenvalue weighted by molar-refractivity contribution is 7.89. The van der Waals surface area contributed by atoms with Gasteiger partial charge >= 0.3 is 0 Å². The fourth-order valence-corrected chi connectivity index (χ4v) is 3.56. The Bertz CT molecular complexity index is 559. The number of aliphatic hydroxyl groups excluding tert-OH is 1. The van der Waals surface area contributed by atoms with E-state index in [9.17, 15) is 12.8 Å². The second-order valence-corrected chi connectivity index (χ2v) is 6.64. The predicted molar refractivity (Wildman–Crippen MR) is 69.4 cm³/mol. The molecule has 0 radical (unpaired) electrons. The van der Waals surface area contributed by atoms with E-state index in [1.54, 1.807) is 0 Å². The SMILES string of the molecule is CCCC1CC1NS(=O)(=O)c1ccc(F)c(CO)c1. The van der Waals surface area contributed by atoms with Crippen molar-refractivity contribution in [2.45, 2.75) is 43.7 Å². The predicted octanol–water partition coefficient (Wildman–Crippen LogP) is 1.78. The molecular formula is C13H18FNO3S. The maximum absolute atomic E-state index is 13.2. The first-order chi connectivity index (χ1) is 8.97. The number of hydrogen-bond acceptors (Lipinski definition) is 3. The molecule has 1 saturated carbocycles. The summed E-state index contributed by atoms with van der Waals surface area (Å²) >= 11 is 0. The van der Waals surface area contributed by atoms with Crippen LogP contribution in [0.5, 0.6) is 0 Å². The Kier molecular flexibility index (Phi) is 4.23. The Morgan fingerprint density at radius 3 is 2.84 bits per heavy atom. The van der Waals surface area contributed by atoms with E-state index >= 15 is 0 Å². The molecular weight excluding hydrogens is 269 g/mol. The first kappa shape index (κ1) is 14.4. The number of aliphatic hydroxyl groups is 1. The highest BCUT2D eigenvalue weighted by Crippen LogP contribution is 2.35. The van der Waals surface area contributed by atoms with Crippen molar-refractivity contribution in [2.24, 2.45) is 5.92 Å². The average Bonchev–Trinajstić information content (AvgIpc) is 3.07. The van der Waals surface area contributed by atoms with Gasteiger partial charge in [0.2, 0.25) is 10.0 Å². The van der Waals surface area contributed by atoms with Crippen molar-refractivity contribution in [3.63, 3.8) is 0 Å². The maximum Gasteiger partial charge on any atom is 0.240 e. The van der Waals surface area contributed by atoms with Gasteiger partial charge in [-0.25, -0.2) is 17.5 Å². The first-order valence-corrected chi connectivity index (χ1v) is 7.88. The van der Waals surface area contributed by atoms with Crippen LogP contribution in [0.1, 0.15) is 31.7 Å². The molecule has 19 heavy (non-hydrogen) atoms. The van der Waals surface area contributed by atoms with Gasteiger partial charge < -0.3 is 5.11 Å². The van der Waals surface area contributed by atoms with E-state index in [0.717, 1.165) is 25.3 Å². The van der Waals surface area contributed by atoms with Gasteiger partial charge in [-0.05, 0) is 37.0 Å². The monoisotopic (exact) mass is 287 g/mol. The Morgan fingerprint density at radius 2 is 2.21 bits per heavy atom. The summed E-state index contributed by atoms with van der Waals surface area (Å²) in [4.78, 5) is 0.0000912. The third-order valence-corrected chi connectivity index (χ3v) is 4.87. The molecule has 0 spiro atoms. The van der Waals surface area contributed by atoms with E-state index < -0.39 is 22.4 Å². The Labute approximate surface area is 112 Å². The van der Waals surface area contributed by atoms with E-state index in [-0.39, 0.29) is 16.5 Å². The van der Waals surface area contributed by atoms with Gasteiger partial charge in [0.05, 0.1) is 11.5 Å². The molecule has 1 aliphatic rings. The molecule has 0 bridgehead atoms. The maximum atomic E-state index is 13.2. The molecule has 2 rings (SSSR count). The normalized spacial score (nSPS) is 22.5. The molecule has 0 heterocycles. The van der Waals surface area contributed by atoms with Gasteiger partial charge in [0.15, 0.2) is 0 Å². The summed E-state index contributed by atoms with van der Waals surface area (Å²) in [5.41, 5.74) is -0.0104. The lowest BCUT2D eigenvalue weighted by Crippen LogP contribution is -2.27. The van der Waals surface area contributed by atoms with Crippen LogP contribution in [-0.2, 0) is 16.6 Å². The molecule has 2 unspecified atom stereocenters. The van der Waals surface area contributed by atoms with Crippen LogP contribution >= 0.6 is 0 Å².